The van der Waals surface area contributed by atoms with E-state index in [-0.39, 0.29) is 6.04 Å². The largest absolute Gasteiger partial charge is 0.355 e. The molecule has 2 rings (SSSR count). The van der Waals surface area contributed by atoms with Gasteiger partial charge in [-0.1, -0.05) is 0 Å². The van der Waals surface area contributed by atoms with Gasteiger partial charge in [-0.05, 0) is 6.92 Å². The average Bonchev–Trinajstić information content (AvgIpc) is 2.74. The number of hydrogen-bond acceptors (Lipinski definition) is 5. The monoisotopic (exact) mass is 180 g/mol. The maximum atomic E-state index is 4.22. The number of H-pyrrole nitrogens is 1. The van der Waals surface area contributed by atoms with E-state index in [0.717, 1.165) is 24.9 Å². The molecule has 1 atom stereocenters. The molecule has 0 aliphatic carbocycles. The molecule has 0 fully saturated rings. The van der Waals surface area contributed by atoms with E-state index in [1.807, 2.05) is 6.92 Å². The van der Waals surface area contributed by atoms with Crippen molar-refractivity contribution in [2.24, 2.45) is 4.99 Å². The second-order valence-electron chi connectivity index (χ2n) is 2.89. The fourth-order valence-electron chi connectivity index (χ4n) is 1.19. The van der Waals surface area contributed by atoms with E-state index in [1.165, 1.54) is 6.33 Å². The fourth-order valence-corrected chi connectivity index (χ4v) is 1.19. The van der Waals surface area contributed by atoms with Crippen LogP contribution in [0.15, 0.2) is 11.3 Å². The molecule has 70 valence electrons. The molecule has 13 heavy (non-hydrogen) atoms. The van der Waals surface area contributed by atoms with Crippen LogP contribution >= 0.6 is 0 Å². The standard InChI is InChI=1S/C7H12N6/c1-5(6-10-4-11-13-6)12-7-8-2-3-9-7/h4-5H,2-3H2,1H3,(H2,8,9,12)(H,10,11,13). The van der Waals surface area contributed by atoms with Crippen LogP contribution in [0.3, 0.4) is 0 Å². The summed E-state index contributed by atoms with van der Waals surface area (Å²) in [5.41, 5.74) is 0. The Morgan fingerprint density at radius 2 is 2.54 bits per heavy atom. The van der Waals surface area contributed by atoms with Gasteiger partial charge >= 0.3 is 0 Å². The normalized spacial score (nSPS) is 17.8. The molecule has 2 heterocycles. The smallest absolute Gasteiger partial charge is 0.191 e. The number of nitrogens with one attached hydrogen (secondary N) is 3. The summed E-state index contributed by atoms with van der Waals surface area (Å²) in [6.45, 7) is 3.75. The second-order valence-corrected chi connectivity index (χ2v) is 2.89. The lowest BCUT2D eigenvalue weighted by atomic mass is 10.3. The summed E-state index contributed by atoms with van der Waals surface area (Å²) in [5.74, 6) is 1.65. The Bertz CT molecular complexity index is 290. The van der Waals surface area contributed by atoms with Crippen molar-refractivity contribution in [1.82, 2.24) is 25.8 Å². The molecule has 1 unspecified atom stereocenters. The highest BCUT2D eigenvalue weighted by Crippen LogP contribution is 2.03. The molecule has 1 aromatic rings. The first-order valence-electron chi connectivity index (χ1n) is 4.26. The molecule has 0 aromatic carbocycles. The van der Waals surface area contributed by atoms with Crippen LogP contribution in [-0.2, 0) is 0 Å². The van der Waals surface area contributed by atoms with Crippen LogP contribution in [0, 0.1) is 0 Å². The highest BCUT2D eigenvalue weighted by molar-refractivity contribution is 5.81. The zero-order valence-corrected chi connectivity index (χ0v) is 7.41. The van der Waals surface area contributed by atoms with Crippen molar-refractivity contribution >= 4 is 5.96 Å². The Morgan fingerprint density at radius 1 is 1.62 bits per heavy atom. The van der Waals surface area contributed by atoms with Gasteiger partial charge in [0.25, 0.3) is 0 Å². The van der Waals surface area contributed by atoms with Crippen molar-refractivity contribution in [3.63, 3.8) is 0 Å². The predicted octanol–water partition coefficient (Wildman–Crippen LogP) is -0.586. The van der Waals surface area contributed by atoms with E-state index in [0.29, 0.717) is 0 Å². The van der Waals surface area contributed by atoms with Gasteiger partial charge in [-0.2, -0.15) is 5.10 Å². The Balaban J connectivity index is 1.95. The average molecular weight is 180 g/mol. The summed E-state index contributed by atoms with van der Waals surface area (Å²) >= 11 is 0. The molecular weight excluding hydrogens is 168 g/mol. The third kappa shape index (κ3) is 1.77. The first kappa shape index (κ1) is 8.03. The van der Waals surface area contributed by atoms with Gasteiger partial charge in [0.15, 0.2) is 5.96 Å². The molecule has 0 amide bonds. The minimum absolute atomic E-state index is 0.104. The fraction of sp³-hybridized carbons (Fsp3) is 0.571. The molecule has 1 aromatic heterocycles. The third-order valence-electron chi connectivity index (χ3n) is 1.87. The molecule has 0 spiro atoms. The van der Waals surface area contributed by atoms with Crippen molar-refractivity contribution in [3.8, 4) is 0 Å². The molecule has 0 saturated heterocycles. The van der Waals surface area contributed by atoms with Crippen LogP contribution < -0.4 is 10.6 Å². The summed E-state index contributed by atoms with van der Waals surface area (Å²) < 4.78 is 0. The van der Waals surface area contributed by atoms with Crippen LogP contribution in [0.4, 0.5) is 0 Å². The summed E-state index contributed by atoms with van der Waals surface area (Å²) in [4.78, 5) is 8.26. The minimum Gasteiger partial charge on any atom is -0.355 e. The van der Waals surface area contributed by atoms with Gasteiger partial charge in [-0.3, -0.25) is 10.1 Å². The molecule has 6 heteroatoms. The molecular formula is C7H12N6. The zero-order valence-electron chi connectivity index (χ0n) is 7.41. The van der Waals surface area contributed by atoms with Crippen LogP contribution in [-0.4, -0.2) is 34.2 Å². The lowest BCUT2D eigenvalue weighted by molar-refractivity contribution is 0.656. The highest BCUT2D eigenvalue weighted by Gasteiger charge is 2.11. The maximum Gasteiger partial charge on any atom is 0.191 e. The van der Waals surface area contributed by atoms with Gasteiger partial charge in [-0.25, -0.2) is 4.98 Å². The van der Waals surface area contributed by atoms with E-state index in [1.54, 1.807) is 0 Å². The number of hydrogen-bond donors (Lipinski definition) is 3. The van der Waals surface area contributed by atoms with Crippen molar-refractivity contribution in [1.29, 1.82) is 0 Å². The number of aromatic nitrogens is 3. The second kappa shape index (κ2) is 3.42. The van der Waals surface area contributed by atoms with Crippen LogP contribution in [0.1, 0.15) is 18.8 Å². The quantitative estimate of drug-likeness (QED) is 0.568. The van der Waals surface area contributed by atoms with E-state index >= 15 is 0 Å². The topological polar surface area (TPSA) is 78.0 Å². The predicted molar refractivity (Wildman–Crippen MR) is 48.2 cm³/mol. The Hall–Kier alpha value is -1.59. The van der Waals surface area contributed by atoms with Gasteiger partial charge in [0.05, 0.1) is 12.6 Å². The molecule has 0 saturated carbocycles. The van der Waals surface area contributed by atoms with Crippen LogP contribution in [0.5, 0.6) is 0 Å². The van der Waals surface area contributed by atoms with Crippen LogP contribution in [0.25, 0.3) is 0 Å². The van der Waals surface area contributed by atoms with E-state index in [9.17, 15) is 0 Å². The number of aliphatic imine (C=N–C) groups is 1. The van der Waals surface area contributed by atoms with E-state index < -0.39 is 0 Å². The Labute approximate surface area is 75.9 Å². The van der Waals surface area contributed by atoms with Crippen molar-refractivity contribution in [2.45, 2.75) is 13.0 Å². The molecule has 3 N–H and O–H groups in total. The first-order chi connectivity index (χ1) is 6.36. The molecule has 0 radical (unpaired) electrons. The molecule has 1 aliphatic heterocycles. The van der Waals surface area contributed by atoms with Gasteiger partial charge < -0.3 is 10.6 Å². The third-order valence-corrected chi connectivity index (χ3v) is 1.87. The zero-order chi connectivity index (χ0) is 9.10. The van der Waals surface area contributed by atoms with E-state index in [2.05, 4.69) is 30.8 Å². The first-order valence-corrected chi connectivity index (χ1v) is 4.26. The number of aromatic amines is 1. The summed E-state index contributed by atoms with van der Waals surface area (Å²) in [6, 6.07) is 0.104. The lowest BCUT2D eigenvalue weighted by Crippen LogP contribution is -2.35. The summed E-state index contributed by atoms with van der Waals surface area (Å²) in [7, 11) is 0. The summed E-state index contributed by atoms with van der Waals surface area (Å²) in [6.07, 6.45) is 1.50. The van der Waals surface area contributed by atoms with Gasteiger partial charge in [-0.15, -0.1) is 0 Å². The maximum absolute atomic E-state index is 4.22. The number of guanidine groups is 1. The minimum atomic E-state index is 0.104. The molecule has 1 aliphatic rings. The van der Waals surface area contributed by atoms with Crippen LogP contribution in [0.2, 0.25) is 0 Å². The Kier molecular flexibility index (Phi) is 2.11. The molecule has 6 nitrogen and oxygen atoms in total. The lowest BCUT2D eigenvalue weighted by Gasteiger charge is -2.11. The SMILES string of the molecule is CC(NC1=NCCN1)c1ncn[nH]1. The summed E-state index contributed by atoms with van der Waals surface area (Å²) in [5, 5.41) is 12.9. The van der Waals surface area contributed by atoms with Gasteiger partial charge in [0, 0.05) is 6.54 Å². The van der Waals surface area contributed by atoms with Crippen molar-refractivity contribution in [2.75, 3.05) is 13.1 Å². The highest BCUT2D eigenvalue weighted by atomic mass is 15.3. The van der Waals surface area contributed by atoms with Crippen molar-refractivity contribution in [3.05, 3.63) is 12.2 Å². The van der Waals surface area contributed by atoms with Gasteiger partial charge in [0.1, 0.15) is 12.2 Å². The van der Waals surface area contributed by atoms with Gasteiger partial charge in [0.2, 0.25) is 0 Å². The van der Waals surface area contributed by atoms with E-state index in [4.69, 9.17) is 0 Å². The number of nitrogens with zero attached hydrogens (tertiary/aromatic N) is 3. The Morgan fingerprint density at radius 3 is 3.15 bits per heavy atom. The van der Waals surface area contributed by atoms with Crippen molar-refractivity contribution < 1.29 is 0 Å². The number of rotatable bonds is 2. The molecule has 0 bridgehead atoms.